The monoisotopic (exact) mass is 311 g/mol. The summed E-state index contributed by atoms with van der Waals surface area (Å²) in [6.45, 7) is -0.800. The number of rotatable bonds is 3. The molecule has 0 bridgehead atoms. The maximum atomic E-state index is 13.6. The third-order valence-electron chi connectivity index (χ3n) is 4.73. The summed E-state index contributed by atoms with van der Waals surface area (Å²) in [5.74, 6) is -3.01. The van der Waals surface area contributed by atoms with Gasteiger partial charge in [-0.15, -0.1) is 0 Å². The second kappa shape index (κ2) is 5.46. The predicted molar refractivity (Wildman–Crippen MR) is 75.6 cm³/mol. The number of carbonyl (C=O) groups is 1. The zero-order valence-corrected chi connectivity index (χ0v) is 12.4. The highest BCUT2D eigenvalue weighted by molar-refractivity contribution is 5.76. The molecule has 3 rings (SSSR count). The fourth-order valence-electron chi connectivity index (χ4n) is 3.11. The van der Waals surface area contributed by atoms with E-state index >= 15 is 0 Å². The topological polar surface area (TPSA) is 54.5 Å². The van der Waals surface area contributed by atoms with E-state index in [0.29, 0.717) is 0 Å². The van der Waals surface area contributed by atoms with Crippen molar-refractivity contribution in [1.29, 1.82) is 0 Å². The Hall–Kier alpha value is -1.76. The van der Waals surface area contributed by atoms with Crippen LogP contribution in [0.4, 0.5) is 13.6 Å². The summed E-state index contributed by atoms with van der Waals surface area (Å²) in [7, 11) is 1.66. The first-order chi connectivity index (χ1) is 10.5. The Morgan fingerprint density at radius 1 is 1.41 bits per heavy atom. The molecule has 2 amide bonds. The Labute approximate surface area is 127 Å². The standard InChI is InChI=1S/C15H19F2N3O2/c1-20(13(21)19-12-9-22-10-15(12,16)17)14(5-2-6-14)11-3-7-18-8-4-11/h3-4,7-8,12H,2,5-6,9-10H2,1H3,(H,19,21)/t12-/m0/s1. The summed E-state index contributed by atoms with van der Waals surface area (Å²) in [6, 6.07) is 1.98. The molecule has 1 aromatic rings. The zero-order chi connectivity index (χ0) is 15.8. The maximum Gasteiger partial charge on any atom is 0.318 e. The van der Waals surface area contributed by atoms with E-state index in [4.69, 9.17) is 4.74 Å². The molecular formula is C15H19F2N3O2. The van der Waals surface area contributed by atoms with E-state index in [0.717, 1.165) is 24.8 Å². The van der Waals surface area contributed by atoms with Crippen molar-refractivity contribution in [2.45, 2.75) is 36.8 Å². The number of nitrogens with one attached hydrogen (secondary N) is 1. The first-order valence-corrected chi connectivity index (χ1v) is 7.36. The van der Waals surface area contributed by atoms with Crippen LogP contribution in [0.5, 0.6) is 0 Å². The molecule has 1 aliphatic heterocycles. The number of nitrogens with zero attached hydrogens (tertiary/aromatic N) is 2. The number of urea groups is 1. The Balaban J connectivity index is 1.75. The second-order valence-electron chi connectivity index (χ2n) is 5.96. The third kappa shape index (κ3) is 2.43. The van der Waals surface area contributed by atoms with Gasteiger partial charge in [0.15, 0.2) is 0 Å². The van der Waals surface area contributed by atoms with E-state index in [9.17, 15) is 13.6 Å². The molecule has 5 nitrogen and oxygen atoms in total. The van der Waals surface area contributed by atoms with Crippen molar-refractivity contribution in [3.63, 3.8) is 0 Å². The van der Waals surface area contributed by atoms with Gasteiger partial charge in [0.1, 0.15) is 12.6 Å². The number of aromatic nitrogens is 1. The van der Waals surface area contributed by atoms with E-state index in [1.54, 1.807) is 24.3 Å². The van der Waals surface area contributed by atoms with Gasteiger partial charge in [-0.2, -0.15) is 0 Å². The average molecular weight is 311 g/mol. The van der Waals surface area contributed by atoms with Crippen LogP contribution < -0.4 is 5.32 Å². The summed E-state index contributed by atoms with van der Waals surface area (Å²) in [4.78, 5) is 17.9. The van der Waals surface area contributed by atoms with Crippen LogP contribution in [0.1, 0.15) is 24.8 Å². The maximum absolute atomic E-state index is 13.6. The predicted octanol–water partition coefficient (Wildman–Crippen LogP) is 2.14. The third-order valence-corrected chi connectivity index (χ3v) is 4.73. The molecule has 1 aliphatic carbocycles. The molecule has 120 valence electrons. The molecule has 22 heavy (non-hydrogen) atoms. The lowest BCUT2D eigenvalue weighted by atomic mass is 9.71. The summed E-state index contributed by atoms with van der Waals surface area (Å²) < 4.78 is 31.9. The molecule has 0 spiro atoms. The molecule has 1 saturated heterocycles. The fourth-order valence-corrected chi connectivity index (χ4v) is 3.11. The smallest absolute Gasteiger partial charge is 0.318 e. The fraction of sp³-hybridized carbons (Fsp3) is 0.600. The van der Waals surface area contributed by atoms with E-state index < -0.39 is 30.1 Å². The Bertz CT molecular complexity index is 549. The lowest BCUT2D eigenvalue weighted by Crippen LogP contribution is -2.58. The minimum absolute atomic E-state index is 0.158. The molecule has 1 N–H and O–H groups in total. The number of pyridine rings is 1. The molecule has 0 aromatic carbocycles. The van der Waals surface area contributed by atoms with Crippen LogP contribution in [0, 0.1) is 0 Å². The Morgan fingerprint density at radius 2 is 2.09 bits per heavy atom. The SMILES string of the molecule is CN(C(=O)N[C@H]1COCC1(F)F)C1(c2ccncc2)CCC1. The normalized spacial score (nSPS) is 25.3. The van der Waals surface area contributed by atoms with Crippen LogP contribution in [-0.4, -0.2) is 48.1 Å². The summed E-state index contributed by atoms with van der Waals surface area (Å²) in [6.07, 6.45) is 6.00. The van der Waals surface area contributed by atoms with Crippen molar-refractivity contribution < 1.29 is 18.3 Å². The average Bonchev–Trinajstić information content (AvgIpc) is 2.78. The lowest BCUT2D eigenvalue weighted by molar-refractivity contribution is -0.0241. The van der Waals surface area contributed by atoms with Crippen molar-refractivity contribution in [2.24, 2.45) is 0 Å². The first-order valence-electron chi connectivity index (χ1n) is 7.36. The molecule has 2 fully saturated rings. The van der Waals surface area contributed by atoms with Gasteiger partial charge in [-0.25, -0.2) is 13.6 Å². The molecule has 1 aromatic heterocycles. The van der Waals surface area contributed by atoms with Crippen LogP contribution in [-0.2, 0) is 10.3 Å². The molecule has 1 atom stereocenters. The van der Waals surface area contributed by atoms with Gasteiger partial charge in [0.05, 0.1) is 12.1 Å². The zero-order valence-electron chi connectivity index (χ0n) is 12.4. The molecule has 2 aliphatic rings. The van der Waals surface area contributed by atoms with Crippen molar-refractivity contribution in [2.75, 3.05) is 20.3 Å². The summed E-state index contributed by atoms with van der Waals surface area (Å²) >= 11 is 0. The number of hydrogen-bond donors (Lipinski definition) is 1. The van der Waals surface area contributed by atoms with Gasteiger partial charge in [0.2, 0.25) is 0 Å². The van der Waals surface area contributed by atoms with Crippen LogP contribution in [0.3, 0.4) is 0 Å². The highest BCUT2D eigenvalue weighted by atomic mass is 19.3. The van der Waals surface area contributed by atoms with E-state index in [-0.39, 0.29) is 6.61 Å². The summed E-state index contributed by atoms with van der Waals surface area (Å²) in [5, 5.41) is 2.41. The van der Waals surface area contributed by atoms with Crippen LogP contribution in [0.15, 0.2) is 24.5 Å². The van der Waals surface area contributed by atoms with Crippen LogP contribution in [0.2, 0.25) is 0 Å². The van der Waals surface area contributed by atoms with Gasteiger partial charge in [0, 0.05) is 19.4 Å². The highest BCUT2D eigenvalue weighted by Crippen LogP contribution is 2.45. The van der Waals surface area contributed by atoms with E-state index in [1.165, 1.54) is 0 Å². The number of ether oxygens (including phenoxy) is 1. The van der Waals surface area contributed by atoms with Gasteiger partial charge in [-0.1, -0.05) is 0 Å². The summed E-state index contributed by atoms with van der Waals surface area (Å²) in [5.41, 5.74) is 0.558. The molecule has 0 unspecified atom stereocenters. The molecular weight excluding hydrogens is 292 g/mol. The van der Waals surface area contributed by atoms with Gasteiger partial charge in [-0.05, 0) is 37.0 Å². The Kier molecular flexibility index (Phi) is 3.76. The van der Waals surface area contributed by atoms with Crippen molar-refractivity contribution in [3.05, 3.63) is 30.1 Å². The molecule has 1 saturated carbocycles. The van der Waals surface area contributed by atoms with Crippen molar-refractivity contribution in [3.8, 4) is 0 Å². The van der Waals surface area contributed by atoms with Crippen molar-refractivity contribution in [1.82, 2.24) is 15.2 Å². The molecule has 7 heteroatoms. The van der Waals surface area contributed by atoms with E-state index in [2.05, 4.69) is 10.3 Å². The minimum Gasteiger partial charge on any atom is -0.373 e. The molecule has 2 heterocycles. The number of hydrogen-bond acceptors (Lipinski definition) is 3. The number of amides is 2. The quantitative estimate of drug-likeness (QED) is 0.930. The number of halogens is 2. The van der Waals surface area contributed by atoms with E-state index in [1.807, 2.05) is 12.1 Å². The Morgan fingerprint density at radius 3 is 2.59 bits per heavy atom. The van der Waals surface area contributed by atoms with Crippen LogP contribution >= 0.6 is 0 Å². The van der Waals surface area contributed by atoms with Gasteiger partial charge in [0.25, 0.3) is 5.92 Å². The van der Waals surface area contributed by atoms with Gasteiger partial charge >= 0.3 is 6.03 Å². The van der Waals surface area contributed by atoms with Crippen molar-refractivity contribution >= 4 is 6.03 Å². The highest BCUT2D eigenvalue weighted by Gasteiger charge is 2.49. The second-order valence-corrected chi connectivity index (χ2v) is 5.96. The van der Waals surface area contributed by atoms with Gasteiger partial charge < -0.3 is 15.0 Å². The number of alkyl halides is 2. The number of carbonyl (C=O) groups excluding carboxylic acids is 1. The van der Waals surface area contributed by atoms with Gasteiger partial charge in [-0.3, -0.25) is 4.98 Å². The van der Waals surface area contributed by atoms with Crippen LogP contribution in [0.25, 0.3) is 0 Å². The lowest BCUT2D eigenvalue weighted by Gasteiger charge is -2.49. The minimum atomic E-state index is -3.01. The first kappa shape index (κ1) is 15.1. The largest absolute Gasteiger partial charge is 0.373 e. The molecule has 0 radical (unpaired) electrons.